The van der Waals surface area contributed by atoms with E-state index in [2.05, 4.69) is 0 Å². The summed E-state index contributed by atoms with van der Waals surface area (Å²) in [6, 6.07) is 2.88. The Hall–Kier alpha value is -1.55. The van der Waals surface area contributed by atoms with E-state index in [4.69, 9.17) is 5.73 Å². The van der Waals surface area contributed by atoms with Crippen molar-refractivity contribution in [2.24, 2.45) is 12.8 Å². The van der Waals surface area contributed by atoms with Crippen LogP contribution in [0.25, 0.3) is 10.9 Å². The predicted molar refractivity (Wildman–Crippen MR) is 52.4 cm³/mol. The molecule has 0 fully saturated rings. The number of halogens is 1. The van der Waals surface area contributed by atoms with Crippen LogP contribution < -0.4 is 5.73 Å². The van der Waals surface area contributed by atoms with Crippen molar-refractivity contribution in [3.05, 3.63) is 29.7 Å². The molecule has 2 rings (SSSR count). The lowest BCUT2D eigenvalue weighted by Crippen LogP contribution is -1.94. The van der Waals surface area contributed by atoms with Crippen LogP contribution in [-0.2, 0) is 13.6 Å². The van der Waals surface area contributed by atoms with E-state index in [0.717, 1.165) is 11.1 Å². The van der Waals surface area contributed by atoms with Gasteiger partial charge in [-0.1, -0.05) is 0 Å². The third kappa shape index (κ3) is 1.08. The largest absolute Gasteiger partial charge is 0.504 e. The number of hydrogen-bond acceptors (Lipinski definition) is 2. The highest BCUT2D eigenvalue weighted by molar-refractivity contribution is 5.89. The van der Waals surface area contributed by atoms with Gasteiger partial charge in [-0.25, -0.2) is 4.39 Å². The first-order valence-electron chi connectivity index (χ1n) is 4.30. The second kappa shape index (κ2) is 2.99. The van der Waals surface area contributed by atoms with Gasteiger partial charge >= 0.3 is 0 Å². The van der Waals surface area contributed by atoms with Crippen LogP contribution >= 0.6 is 0 Å². The van der Waals surface area contributed by atoms with Crippen molar-refractivity contribution in [2.75, 3.05) is 0 Å². The second-order valence-electron chi connectivity index (χ2n) is 3.26. The average molecular weight is 194 g/mol. The van der Waals surface area contributed by atoms with Crippen LogP contribution in [-0.4, -0.2) is 9.67 Å². The van der Waals surface area contributed by atoms with Gasteiger partial charge in [0, 0.05) is 25.2 Å². The summed E-state index contributed by atoms with van der Waals surface area (Å²) >= 11 is 0. The molecular weight excluding hydrogens is 183 g/mol. The number of nitrogens with zero attached hydrogens (tertiary/aromatic N) is 1. The Morgan fingerprint density at radius 2 is 2.21 bits per heavy atom. The number of nitrogens with two attached hydrogens (primary N) is 1. The van der Waals surface area contributed by atoms with Gasteiger partial charge in [0.05, 0.1) is 5.52 Å². The van der Waals surface area contributed by atoms with Crippen molar-refractivity contribution in [1.29, 1.82) is 0 Å². The van der Waals surface area contributed by atoms with E-state index in [9.17, 15) is 9.50 Å². The molecule has 0 saturated carbocycles. The van der Waals surface area contributed by atoms with E-state index >= 15 is 0 Å². The second-order valence-corrected chi connectivity index (χ2v) is 3.26. The van der Waals surface area contributed by atoms with Gasteiger partial charge in [-0.3, -0.25) is 0 Å². The molecule has 3 nitrogen and oxygen atoms in total. The van der Waals surface area contributed by atoms with E-state index in [1.807, 2.05) is 11.6 Å². The lowest BCUT2D eigenvalue weighted by atomic mass is 10.1. The fourth-order valence-electron chi connectivity index (χ4n) is 1.69. The zero-order valence-electron chi connectivity index (χ0n) is 7.79. The van der Waals surface area contributed by atoms with Crippen LogP contribution in [0.3, 0.4) is 0 Å². The molecule has 0 atom stereocenters. The summed E-state index contributed by atoms with van der Waals surface area (Å²) in [5, 5.41) is 10.0. The number of aryl methyl sites for hydroxylation is 1. The van der Waals surface area contributed by atoms with Crippen molar-refractivity contribution >= 4 is 10.9 Å². The number of rotatable bonds is 1. The van der Waals surface area contributed by atoms with Gasteiger partial charge in [0.1, 0.15) is 0 Å². The maximum Gasteiger partial charge on any atom is 0.165 e. The molecule has 0 spiro atoms. The summed E-state index contributed by atoms with van der Waals surface area (Å²) in [5.41, 5.74) is 7.03. The Labute approximate surface area is 80.6 Å². The summed E-state index contributed by atoms with van der Waals surface area (Å²) in [6.45, 7) is 0.286. The Morgan fingerprint density at radius 1 is 1.50 bits per heavy atom. The van der Waals surface area contributed by atoms with E-state index < -0.39 is 5.82 Å². The molecule has 1 aromatic heterocycles. The quantitative estimate of drug-likeness (QED) is 0.722. The van der Waals surface area contributed by atoms with Crippen molar-refractivity contribution in [3.8, 4) is 5.75 Å². The minimum Gasteiger partial charge on any atom is -0.504 e. The van der Waals surface area contributed by atoms with Crippen LogP contribution in [0.5, 0.6) is 5.75 Å². The minimum atomic E-state index is -0.613. The average Bonchev–Trinajstić information content (AvgIpc) is 2.50. The first-order valence-corrected chi connectivity index (χ1v) is 4.30. The molecule has 14 heavy (non-hydrogen) atoms. The van der Waals surface area contributed by atoms with Crippen molar-refractivity contribution < 1.29 is 9.50 Å². The normalized spacial score (nSPS) is 11.1. The van der Waals surface area contributed by atoms with Crippen LogP contribution in [0.15, 0.2) is 18.3 Å². The van der Waals surface area contributed by atoms with Crippen LogP contribution in [0, 0.1) is 5.82 Å². The number of hydrogen-bond donors (Lipinski definition) is 2. The zero-order valence-corrected chi connectivity index (χ0v) is 7.79. The van der Waals surface area contributed by atoms with E-state index in [0.29, 0.717) is 5.39 Å². The third-order valence-electron chi connectivity index (χ3n) is 2.38. The van der Waals surface area contributed by atoms with Gasteiger partial charge < -0.3 is 15.4 Å². The molecule has 2 aromatic rings. The number of aromatic hydroxyl groups is 1. The Balaban J connectivity index is 2.91. The van der Waals surface area contributed by atoms with Gasteiger partial charge in [0.25, 0.3) is 0 Å². The van der Waals surface area contributed by atoms with Crippen molar-refractivity contribution in [1.82, 2.24) is 4.57 Å². The fraction of sp³-hybridized carbons (Fsp3) is 0.200. The lowest BCUT2D eigenvalue weighted by molar-refractivity contribution is 0.438. The Morgan fingerprint density at radius 3 is 2.86 bits per heavy atom. The van der Waals surface area contributed by atoms with E-state index in [-0.39, 0.29) is 12.3 Å². The number of fused-ring (bicyclic) bond motifs is 1. The molecule has 0 aliphatic carbocycles. The molecule has 0 bridgehead atoms. The Bertz CT molecular complexity index is 490. The highest BCUT2D eigenvalue weighted by atomic mass is 19.1. The predicted octanol–water partition coefficient (Wildman–Crippen LogP) is 1.48. The van der Waals surface area contributed by atoms with Gasteiger partial charge in [0.15, 0.2) is 11.6 Å². The summed E-state index contributed by atoms with van der Waals surface area (Å²) in [4.78, 5) is 0. The van der Waals surface area contributed by atoms with E-state index in [1.165, 1.54) is 6.07 Å². The smallest absolute Gasteiger partial charge is 0.165 e. The van der Waals surface area contributed by atoms with Gasteiger partial charge in [-0.2, -0.15) is 0 Å². The molecule has 3 N–H and O–H groups in total. The van der Waals surface area contributed by atoms with Gasteiger partial charge in [-0.15, -0.1) is 0 Å². The summed E-state index contributed by atoms with van der Waals surface area (Å²) < 4.78 is 14.9. The molecule has 0 radical (unpaired) electrons. The minimum absolute atomic E-state index is 0.286. The fourth-order valence-corrected chi connectivity index (χ4v) is 1.69. The first kappa shape index (κ1) is 9.02. The van der Waals surface area contributed by atoms with Crippen molar-refractivity contribution in [2.45, 2.75) is 6.54 Å². The number of aromatic nitrogens is 1. The summed E-state index contributed by atoms with van der Waals surface area (Å²) in [7, 11) is 1.83. The third-order valence-corrected chi connectivity index (χ3v) is 2.38. The lowest BCUT2D eigenvalue weighted by Gasteiger charge is -2.00. The van der Waals surface area contributed by atoms with Gasteiger partial charge in [-0.05, 0) is 17.7 Å². The van der Waals surface area contributed by atoms with Gasteiger partial charge in [0.2, 0.25) is 0 Å². The maximum absolute atomic E-state index is 13.1. The first-order chi connectivity index (χ1) is 6.65. The number of benzene rings is 1. The number of phenolic OH excluding ortho intramolecular Hbond substituents is 1. The standard InChI is InChI=1S/C10H11FN2O/c1-13-5-6(4-12)9-8(13)3-2-7(11)10(9)14/h2-3,5,14H,4,12H2,1H3. The number of phenols is 1. The molecule has 1 heterocycles. The molecule has 0 unspecified atom stereocenters. The molecule has 4 heteroatoms. The Kier molecular flexibility index (Phi) is 1.93. The molecule has 0 aliphatic rings. The molecule has 0 amide bonds. The van der Waals surface area contributed by atoms with Crippen molar-refractivity contribution in [3.63, 3.8) is 0 Å². The maximum atomic E-state index is 13.1. The highest BCUT2D eigenvalue weighted by Crippen LogP contribution is 2.31. The zero-order chi connectivity index (χ0) is 10.3. The van der Waals surface area contributed by atoms with Crippen LogP contribution in [0.1, 0.15) is 5.56 Å². The molecule has 1 aromatic carbocycles. The summed E-state index contributed by atoms with van der Waals surface area (Å²) in [6.07, 6.45) is 1.80. The monoisotopic (exact) mass is 194 g/mol. The molecule has 0 saturated heterocycles. The molecule has 0 aliphatic heterocycles. The van der Waals surface area contributed by atoms with Crippen LogP contribution in [0.4, 0.5) is 4.39 Å². The summed E-state index contributed by atoms with van der Waals surface area (Å²) in [5.74, 6) is -0.929. The molecule has 74 valence electrons. The highest BCUT2D eigenvalue weighted by Gasteiger charge is 2.12. The molecular formula is C10H11FN2O. The van der Waals surface area contributed by atoms with Crippen LogP contribution in [0.2, 0.25) is 0 Å². The van der Waals surface area contributed by atoms with E-state index in [1.54, 1.807) is 12.3 Å². The topological polar surface area (TPSA) is 51.2 Å². The SMILES string of the molecule is Cn1cc(CN)c2c(O)c(F)ccc21.